The molecule has 0 spiro atoms. The van der Waals surface area contributed by atoms with E-state index in [1.165, 1.54) is 11.1 Å². The molecule has 0 amide bonds. The molecule has 3 nitrogen and oxygen atoms in total. The van der Waals surface area contributed by atoms with Gasteiger partial charge in [-0.25, -0.2) is 0 Å². The van der Waals surface area contributed by atoms with E-state index < -0.39 is 8.25 Å². The van der Waals surface area contributed by atoms with Crippen molar-refractivity contribution in [3.05, 3.63) is 60.7 Å². The van der Waals surface area contributed by atoms with Gasteiger partial charge >= 0.3 is 8.25 Å². The molecule has 2 rings (SSSR count). The predicted molar refractivity (Wildman–Crippen MR) is 98.7 cm³/mol. The molecular formula is C20H27O3P. The number of unbranched alkanes of at least 4 members (excludes halogenated alkanes) is 1. The Morgan fingerprint density at radius 3 is 1.83 bits per heavy atom. The molecule has 130 valence electrons. The fourth-order valence-corrected chi connectivity index (χ4v) is 2.66. The van der Waals surface area contributed by atoms with Crippen LogP contribution in [0, 0.1) is 5.92 Å². The Morgan fingerprint density at radius 2 is 1.46 bits per heavy atom. The topological polar surface area (TPSA) is 49.4 Å². The van der Waals surface area contributed by atoms with E-state index in [0.717, 1.165) is 25.7 Å². The van der Waals surface area contributed by atoms with Crippen LogP contribution in [0.1, 0.15) is 39.5 Å². The maximum absolute atomic E-state index is 10.1. The van der Waals surface area contributed by atoms with Crippen molar-refractivity contribution in [2.24, 2.45) is 5.92 Å². The van der Waals surface area contributed by atoms with Crippen LogP contribution in [0.25, 0.3) is 11.1 Å². The molecule has 0 saturated heterocycles. The van der Waals surface area contributed by atoms with Gasteiger partial charge in [-0.2, -0.15) is 0 Å². The smallest absolute Gasteiger partial charge is 0.488 e. The summed E-state index contributed by atoms with van der Waals surface area (Å²) in [6, 6.07) is 20.8. The molecule has 2 aromatic carbocycles. The van der Waals surface area contributed by atoms with Gasteiger partial charge in [-0.3, -0.25) is 0 Å². The molecule has 0 aliphatic rings. The van der Waals surface area contributed by atoms with E-state index in [0.29, 0.717) is 12.5 Å². The van der Waals surface area contributed by atoms with Crippen LogP contribution in [0.15, 0.2) is 60.7 Å². The predicted octanol–water partition coefficient (Wildman–Crippen LogP) is 5.59. The zero-order valence-electron chi connectivity index (χ0n) is 14.6. The first kappa shape index (κ1) is 20.5. The molecule has 0 aliphatic carbocycles. The molecule has 24 heavy (non-hydrogen) atoms. The minimum atomic E-state index is -2.65. The second-order valence-electron chi connectivity index (χ2n) is 5.67. The molecule has 0 saturated carbocycles. The minimum Gasteiger partial charge on any atom is -0.566 e. The van der Waals surface area contributed by atoms with Gasteiger partial charge in [0.05, 0.1) is 0 Å². The van der Waals surface area contributed by atoms with Crippen molar-refractivity contribution < 1.29 is 14.0 Å². The Morgan fingerprint density at radius 1 is 0.958 bits per heavy atom. The SMILES string of the molecule is CCCCC(CC)CO[P+](=O)[O-].c1ccc(-c2ccccc2)cc1. The first-order valence-electron chi connectivity index (χ1n) is 8.55. The molecule has 4 heteroatoms. The maximum atomic E-state index is 10.1. The lowest BCUT2D eigenvalue weighted by molar-refractivity contribution is -0.186. The van der Waals surface area contributed by atoms with E-state index in [2.05, 4.69) is 66.9 Å². The molecule has 0 N–H and O–H groups in total. The zero-order chi connectivity index (χ0) is 17.6. The number of rotatable bonds is 8. The molecule has 0 aliphatic heterocycles. The highest BCUT2D eigenvalue weighted by Gasteiger charge is 2.10. The van der Waals surface area contributed by atoms with E-state index in [1.807, 2.05) is 12.1 Å². The minimum absolute atomic E-state index is 0.356. The molecule has 2 atom stereocenters. The Labute approximate surface area is 146 Å². The van der Waals surface area contributed by atoms with Gasteiger partial charge in [0, 0.05) is 0 Å². The molecule has 2 unspecified atom stereocenters. The fourth-order valence-electron chi connectivity index (χ4n) is 2.33. The van der Waals surface area contributed by atoms with Crippen LogP contribution in [-0.4, -0.2) is 6.61 Å². The zero-order valence-corrected chi connectivity index (χ0v) is 15.5. The molecule has 0 heterocycles. The van der Waals surface area contributed by atoms with E-state index in [-0.39, 0.29) is 0 Å². The second-order valence-corrected chi connectivity index (χ2v) is 6.37. The van der Waals surface area contributed by atoms with Crippen molar-refractivity contribution in [1.29, 1.82) is 0 Å². The van der Waals surface area contributed by atoms with Crippen molar-refractivity contribution in [2.45, 2.75) is 39.5 Å². The lowest BCUT2D eigenvalue weighted by Gasteiger charge is -2.09. The van der Waals surface area contributed by atoms with E-state index >= 15 is 0 Å². The fraction of sp³-hybridized carbons (Fsp3) is 0.400. The second kappa shape index (κ2) is 12.8. The van der Waals surface area contributed by atoms with Crippen LogP contribution in [0.5, 0.6) is 0 Å². The summed E-state index contributed by atoms with van der Waals surface area (Å²) in [6.45, 7) is 4.54. The number of benzene rings is 2. The van der Waals surface area contributed by atoms with Crippen molar-refractivity contribution in [3.63, 3.8) is 0 Å². The van der Waals surface area contributed by atoms with Crippen LogP contribution in [0.4, 0.5) is 0 Å². The van der Waals surface area contributed by atoms with Gasteiger partial charge in [-0.1, -0.05) is 93.8 Å². The molecule has 2 aromatic rings. The van der Waals surface area contributed by atoms with Crippen LogP contribution >= 0.6 is 8.25 Å². The first-order chi connectivity index (χ1) is 11.7. The lowest BCUT2D eigenvalue weighted by Crippen LogP contribution is -2.07. The monoisotopic (exact) mass is 346 g/mol. The number of hydrogen-bond acceptors (Lipinski definition) is 3. The van der Waals surface area contributed by atoms with Gasteiger partial charge in [0.25, 0.3) is 0 Å². The Bertz CT molecular complexity index is 520. The highest BCUT2D eigenvalue weighted by Crippen LogP contribution is 2.18. The van der Waals surface area contributed by atoms with Crippen LogP contribution < -0.4 is 4.89 Å². The standard InChI is InChI=1S/C12H10.C8H17O3P/c1-3-7-11(8-4-1)12-9-5-2-6-10-12;1-3-5-6-8(4-2)7-11-12(9)10/h1-10H;8H,3-7H2,1-2H3. The summed E-state index contributed by atoms with van der Waals surface area (Å²) in [5, 5.41) is 0. The van der Waals surface area contributed by atoms with Gasteiger partial charge in [-0.05, 0) is 28.0 Å². The number of hydrogen-bond donors (Lipinski definition) is 0. The van der Waals surface area contributed by atoms with Gasteiger partial charge in [-0.15, -0.1) is 4.52 Å². The van der Waals surface area contributed by atoms with Crippen LogP contribution in [0.3, 0.4) is 0 Å². The summed E-state index contributed by atoms with van der Waals surface area (Å²) < 4.78 is 14.7. The third kappa shape index (κ3) is 8.93. The molecule has 0 fully saturated rings. The van der Waals surface area contributed by atoms with Gasteiger partial charge in [0.15, 0.2) is 0 Å². The van der Waals surface area contributed by atoms with Gasteiger partial charge in [0.2, 0.25) is 0 Å². The van der Waals surface area contributed by atoms with E-state index in [9.17, 15) is 9.46 Å². The maximum Gasteiger partial charge on any atom is 0.488 e. The molecular weight excluding hydrogens is 319 g/mol. The van der Waals surface area contributed by atoms with Crippen molar-refractivity contribution in [1.82, 2.24) is 0 Å². The third-order valence-electron chi connectivity index (χ3n) is 3.84. The van der Waals surface area contributed by atoms with E-state index in [4.69, 9.17) is 0 Å². The third-order valence-corrected chi connectivity index (χ3v) is 4.20. The highest BCUT2D eigenvalue weighted by atomic mass is 31.1. The average Bonchev–Trinajstić information content (AvgIpc) is 2.64. The normalized spacial score (nSPS) is 12.0. The summed E-state index contributed by atoms with van der Waals surface area (Å²) in [5.41, 5.74) is 2.55. The van der Waals surface area contributed by atoms with Gasteiger partial charge < -0.3 is 4.89 Å². The summed E-state index contributed by atoms with van der Waals surface area (Å²) >= 11 is 0. The highest BCUT2D eigenvalue weighted by molar-refractivity contribution is 7.30. The van der Waals surface area contributed by atoms with Crippen molar-refractivity contribution >= 4 is 8.25 Å². The van der Waals surface area contributed by atoms with Gasteiger partial charge in [0.1, 0.15) is 6.61 Å². The Hall–Kier alpha value is -1.54. The van der Waals surface area contributed by atoms with E-state index in [1.54, 1.807) is 0 Å². The quantitative estimate of drug-likeness (QED) is 0.585. The van der Waals surface area contributed by atoms with Crippen molar-refractivity contribution in [2.75, 3.05) is 6.61 Å². The molecule has 0 aromatic heterocycles. The summed E-state index contributed by atoms with van der Waals surface area (Å²) in [4.78, 5) is 10.1. The first-order valence-corrected chi connectivity index (χ1v) is 9.64. The Kier molecular flexibility index (Phi) is 11.0. The molecule has 0 radical (unpaired) electrons. The summed E-state index contributed by atoms with van der Waals surface area (Å²) in [6.07, 6.45) is 4.36. The van der Waals surface area contributed by atoms with Crippen LogP contribution in [0.2, 0.25) is 0 Å². The van der Waals surface area contributed by atoms with Crippen LogP contribution in [-0.2, 0) is 9.09 Å². The summed E-state index contributed by atoms with van der Waals surface area (Å²) in [5.74, 6) is 0.401. The summed E-state index contributed by atoms with van der Waals surface area (Å²) in [7, 11) is -2.65. The van der Waals surface area contributed by atoms with Crippen molar-refractivity contribution in [3.8, 4) is 11.1 Å². The Balaban J connectivity index is 0.000000240. The average molecular weight is 346 g/mol. The largest absolute Gasteiger partial charge is 0.566 e. The lowest BCUT2D eigenvalue weighted by atomic mass is 10.0. The molecule has 0 bridgehead atoms.